The van der Waals surface area contributed by atoms with Crippen LogP contribution in [0.15, 0.2) is 54.6 Å². The molecule has 0 saturated carbocycles. The van der Waals surface area contributed by atoms with Crippen LogP contribution < -0.4 is 5.73 Å². The second kappa shape index (κ2) is 5.98. The summed E-state index contributed by atoms with van der Waals surface area (Å²) in [4.78, 5) is 11.7. The Labute approximate surface area is 106 Å². The van der Waals surface area contributed by atoms with Gasteiger partial charge in [-0.2, -0.15) is 0 Å². The molecule has 2 aromatic rings. The first kappa shape index (κ1) is 12.3. The summed E-state index contributed by atoms with van der Waals surface area (Å²) in [5.41, 5.74) is 8.10. The summed E-state index contributed by atoms with van der Waals surface area (Å²) in [6, 6.07) is 16.7. The van der Waals surface area contributed by atoms with E-state index >= 15 is 0 Å². The maximum absolute atomic E-state index is 11.7. The van der Waals surface area contributed by atoms with Crippen molar-refractivity contribution < 1.29 is 9.53 Å². The number of benzene rings is 2. The molecule has 2 rings (SSSR count). The van der Waals surface area contributed by atoms with Crippen molar-refractivity contribution in [3.63, 3.8) is 0 Å². The summed E-state index contributed by atoms with van der Waals surface area (Å²) in [5.74, 6) is -0.307. The summed E-state index contributed by atoms with van der Waals surface area (Å²) in [6.45, 7) is 0.794. The Morgan fingerprint density at radius 1 is 0.944 bits per heavy atom. The van der Waals surface area contributed by atoms with Gasteiger partial charge in [-0.1, -0.05) is 42.5 Å². The molecule has 18 heavy (non-hydrogen) atoms. The second-order valence-corrected chi connectivity index (χ2v) is 3.96. The molecule has 0 atom stereocenters. The van der Waals surface area contributed by atoms with Crippen LogP contribution in [0.2, 0.25) is 0 Å². The molecule has 92 valence electrons. The zero-order chi connectivity index (χ0) is 12.8. The number of ether oxygens (including phenoxy) is 1. The fraction of sp³-hybridized carbons (Fsp3) is 0.133. The average molecular weight is 241 g/mol. The standard InChI is InChI=1S/C15H15NO2/c16-10-12-6-8-13(9-7-12)11-18-15(17)14-4-2-1-3-5-14/h1-9H,10-11,16H2. The quantitative estimate of drug-likeness (QED) is 0.837. The van der Waals surface area contributed by atoms with Gasteiger partial charge in [0.15, 0.2) is 0 Å². The van der Waals surface area contributed by atoms with Crippen molar-refractivity contribution >= 4 is 5.97 Å². The molecule has 0 saturated heterocycles. The van der Waals surface area contributed by atoms with Crippen LogP contribution >= 0.6 is 0 Å². The number of carbonyl (C=O) groups is 1. The molecule has 0 bridgehead atoms. The molecule has 3 nitrogen and oxygen atoms in total. The lowest BCUT2D eigenvalue weighted by atomic mass is 10.1. The number of nitrogens with two attached hydrogens (primary N) is 1. The van der Waals surface area contributed by atoms with Gasteiger partial charge in [0.1, 0.15) is 6.61 Å². The molecule has 0 aliphatic heterocycles. The van der Waals surface area contributed by atoms with Crippen molar-refractivity contribution in [1.29, 1.82) is 0 Å². The van der Waals surface area contributed by atoms with Crippen LogP contribution in [0.4, 0.5) is 0 Å². The van der Waals surface area contributed by atoms with Gasteiger partial charge in [-0.25, -0.2) is 4.79 Å². The third-order valence-electron chi connectivity index (χ3n) is 2.64. The first-order valence-corrected chi connectivity index (χ1v) is 5.79. The van der Waals surface area contributed by atoms with Crippen LogP contribution in [0.3, 0.4) is 0 Å². The molecule has 0 amide bonds. The van der Waals surface area contributed by atoms with Crippen molar-refractivity contribution in [3.05, 3.63) is 71.3 Å². The Kier molecular flexibility index (Phi) is 4.10. The molecule has 0 fully saturated rings. The number of esters is 1. The number of hydrogen-bond donors (Lipinski definition) is 1. The molecular formula is C15H15NO2. The van der Waals surface area contributed by atoms with E-state index in [1.54, 1.807) is 12.1 Å². The van der Waals surface area contributed by atoms with Gasteiger partial charge in [-0.3, -0.25) is 0 Å². The van der Waals surface area contributed by atoms with E-state index in [2.05, 4.69) is 0 Å². The van der Waals surface area contributed by atoms with Gasteiger partial charge < -0.3 is 10.5 Å². The number of rotatable bonds is 4. The smallest absolute Gasteiger partial charge is 0.338 e. The molecule has 0 aliphatic carbocycles. The van der Waals surface area contributed by atoms with Crippen molar-refractivity contribution in [3.8, 4) is 0 Å². The Morgan fingerprint density at radius 2 is 1.56 bits per heavy atom. The van der Waals surface area contributed by atoms with Gasteiger partial charge in [0.05, 0.1) is 5.56 Å². The van der Waals surface area contributed by atoms with Crippen LogP contribution in [-0.4, -0.2) is 5.97 Å². The Hall–Kier alpha value is -2.13. The minimum atomic E-state index is -0.307. The third kappa shape index (κ3) is 3.18. The van der Waals surface area contributed by atoms with E-state index in [9.17, 15) is 4.79 Å². The molecule has 0 aliphatic rings. The monoisotopic (exact) mass is 241 g/mol. The molecule has 0 unspecified atom stereocenters. The topological polar surface area (TPSA) is 52.3 Å². The number of carbonyl (C=O) groups excluding carboxylic acids is 1. The summed E-state index contributed by atoms with van der Waals surface area (Å²) in [6.07, 6.45) is 0. The second-order valence-electron chi connectivity index (χ2n) is 3.96. The van der Waals surface area contributed by atoms with Crippen molar-refractivity contribution in [2.75, 3.05) is 0 Å². The maximum atomic E-state index is 11.7. The van der Waals surface area contributed by atoms with Crippen molar-refractivity contribution in [1.82, 2.24) is 0 Å². The zero-order valence-corrected chi connectivity index (χ0v) is 10.0. The van der Waals surface area contributed by atoms with E-state index in [1.807, 2.05) is 42.5 Å². The normalized spacial score (nSPS) is 10.1. The summed E-state index contributed by atoms with van der Waals surface area (Å²) in [7, 11) is 0. The Bertz CT molecular complexity index is 506. The predicted molar refractivity (Wildman–Crippen MR) is 69.9 cm³/mol. The summed E-state index contributed by atoms with van der Waals surface area (Å²) in [5, 5.41) is 0. The third-order valence-corrected chi connectivity index (χ3v) is 2.64. The lowest BCUT2D eigenvalue weighted by molar-refractivity contribution is 0.0472. The molecule has 2 aromatic carbocycles. The Morgan fingerprint density at radius 3 is 2.17 bits per heavy atom. The van der Waals surface area contributed by atoms with Crippen LogP contribution in [0.25, 0.3) is 0 Å². The molecule has 0 spiro atoms. The Balaban J connectivity index is 1.93. The summed E-state index contributed by atoms with van der Waals surface area (Å²) >= 11 is 0. The lowest BCUT2D eigenvalue weighted by Crippen LogP contribution is -2.05. The molecule has 3 heteroatoms. The van der Waals surface area contributed by atoms with Gasteiger partial charge in [-0.05, 0) is 23.3 Å². The van der Waals surface area contributed by atoms with E-state index in [0.717, 1.165) is 11.1 Å². The van der Waals surface area contributed by atoms with Crippen LogP contribution in [-0.2, 0) is 17.9 Å². The van der Waals surface area contributed by atoms with Gasteiger partial charge in [-0.15, -0.1) is 0 Å². The SMILES string of the molecule is NCc1ccc(COC(=O)c2ccccc2)cc1. The molecule has 2 N–H and O–H groups in total. The molecule has 0 radical (unpaired) electrons. The highest BCUT2D eigenvalue weighted by Gasteiger charge is 2.05. The number of hydrogen-bond acceptors (Lipinski definition) is 3. The predicted octanol–water partition coefficient (Wildman–Crippen LogP) is 2.50. The first-order valence-electron chi connectivity index (χ1n) is 5.79. The first-order chi connectivity index (χ1) is 8.79. The maximum Gasteiger partial charge on any atom is 0.338 e. The van der Waals surface area contributed by atoms with E-state index in [4.69, 9.17) is 10.5 Å². The van der Waals surface area contributed by atoms with Gasteiger partial charge in [0.2, 0.25) is 0 Å². The highest BCUT2D eigenvalue weighted by Crippen LogP contribution is 2.07. The fourth-order valence-corrected chi connectivity index (χ4v) is 1.58. The molecular weight excluding hydrogens is 226 g/mol. The van der Waals surface area contributed by atoms with Crippen molar-refractivity contribution in [2.24, 2.45) is 5.73 Å². The van der Waals surface area contributed by atoms with E-state index < -0.39 is 0 Å². The van der Waals surface area contributed by atoms with Gasteiger partial charge in [0.25, 0.3) is 0 Å². The fourth-order valence-electron chi connectivity index (χ4n) is 1.58. The van der Waals surface area contributed by atoms with Gasteiger partial charge in [0, 0.05) is 6.54 Å². The molecule has 0 aromatic heterocycles. The minimum Gasteiger partial charge on any atom is -0.457 e. The lowest BCUT2D eigenvalue weighted by Gasteiger charge is -2.05. The average Bonchev–Trinajstić information content (AvgIpc) is 2.46. The van der Waals surface area contributed by atoms with Crippen LogP contribution in [0, 0.1) is 0 Å². The van der Waals surface area contributed by atoms with E-state index in [-0.39, 0.29) is 12.6 Å². The van der Waals surface area contributed by atoms with E-state index in [0.29, 0.717) is 12.1 Å². The highest BCUT2D eigenvalue weighted by atomic mass is 16.5. The van der Waals surface area contributed by atoms with E-state index in [1.165, 1.54) is 0 Å². The summed E-state index contributed by atoms with van der Waals surface area (Å²) < 4.78 is 5.22. The largest absolute Gasteiger partial charge is 0.457 e. The minimum absolute atomic E-state index is 0.276. The van der Waals surface area contributed by atoms with Crippen LogP contribution in [0.5, 0.6) is 0 Å². The van der Waals surface area contributed by atoms with Crippen molar-refractivity contribution in [2.45, 2.75) is 13.2 Å². The van der Waals surface area contributed by atoms with Crippen LogP contribution in [0.1, 0.15) is 21.5 Å². The highest BCUT2D eigenvalue weighted by molar-refractivity contribution is 5.89. The zero-order valence-electron chi connectivity index (χ0n) is 10.0. The van der Waals surface area contributed by atoms with Gasteiger partial charge >= 0.3 is 5.97 Å². The molecule has 0 heterocycles.